The number of carbonyl (C=O) groups is 2. The molecule has 1 aliphatic heterocycles. The molecule has 0 radical (unpaired) electrons. The van der Waals surface area contributed by atoms with Crippen LogP contribution in [0, 0.1) is 0 Å². The Morgan fingerprint density at radius 3 is 2.50 bits per heavy atom. The topological polar surface area (TPSA) is 49.4 Å². The average Bonchev–Trinajstić information content (AvgIpc) is 2.54. The summed E-state index contributed by atoms with van der Waals surface area (Å²) in [7, 11) is 0. The molecule has 0 aromatic heterocycles. The van der Waals surface area contributed by atoms with Gasteiger partial charge in [0.2, 0.25) is 0 Å². The number of para-hydroxylation sites is 2. The number of hydrogen-bond acceptors (Lipinski definition) is 3. The van der Waals surface area contributed by atoms with Crippen molar-refractivity contribution in [1.82, 2.24) is 0 Å². The van der Waals surface area contributed by atoms with Gasteiger partial charge < -0.3 is 10.2 Å². The maximum atomic E-state index is 12.9. The zero-order chi connectivity index (χ0) is 15.5. The number of carbonyl (C=O) groups excluding carboxylic acids is 2. The molecule has 2 aromatic rings. The maximum Gasteiger partial charge on any atom is 0.254 e. The van der Waals surface area contributed by atoms with Crippen molar-refractivity contribution in [2.75, 3.05) is 16.8 Å². The first kappa shape index (κ1) is 14.3. The number of fused-ring (bicyclic) bond motifs is 1. The van der Waals surface area contributed by atoms with Gasteiger partial charge in [-0.2, -0.15) is 0 Å². The maximum absolute atomic E-state index is 12.9. The summed E-state index contributed by atoms with van der Waals surface area (Å²) in [5, 5.41) is 3.30. The normalized spacial score (nSPS) is 16.9. The van der Waals surface area contributed by atoms with Crippen molar-refractivity contribution >= 4 is 23.1 Å². The molecule has 2 aromatic carbocycles. The Morgan fingerprint density at radius 1 is 1.09 bits per heavy atom. The molecule has 1 atom stereocenters. The monoisotopic (exact) mass is 294 g/mol. The molecule has 0 spiro atoms. The molecule has 0 aliphatic carbocycles. The van der Waals surface area contributed by atoms with E-state index < -0.39 is 6.04 Å². The van der Waals surface area contributed by atoms with Crippen LogP contribution in [0.2, 0.25) is 0 Å². The van der Waals surface area contributed by atoms with E-state index in [0.29, 0.717) is 13.0 Å². The summed E-state index contributed by atoms with van der Waals surface area (Å²) in [5.74, 6) is 0.0613. The summed E-state index contributed by atoms with van der Waals surface area (Å²) in [5.41, 5.74) is 2.68. The fourth-order valence-electron chi connectivity index (χ4n) is 2.69. The fraction of sp³-hybridized carbons (Fsp3) is 0.222. The number of Topliss-reactive ketones (excluding diaryl/α,β-unsaturated/α-hetero) is 1. The Morgan fingerprint density at radius 2 is 1.77 bits per heavy atom. The minimum Gasteiger partial charge on any atom is -0.368 e. The van der Waals surface area contributed by atoms with Gasteiger partial charge in [0.15, 0.2) is 0 Å². The lowest BCUT2D eigenvalue weighted by molar-refractivity contribution is -0.120. The predicted octanol–water partition coefficient (Wildman–Crippen LogP) is 3.17. The van der Waals surface area contributed by atoms with Gasteiger partial charge in [-0.15, -0.1) is 0 Å². The fourth-order valence-corrected chi connectivity index (χ4v) is 2.69. The van der Waals surface area contributed by atoms with Gasteiger partial charge in [-0.1, -0.05) is 42.5 Å². The molecule has 4 heteroatoms. The number of hydrogen-bond donors (Lipinski definition) is 1. The highest BCUT2D eigenvalue weighted by molar-refractivity contribution is 6.05. The van der Waals surface area contributed by atoms with Crippen molar-refractivity contribution in [3.63, 3.8) is 0 Å². The van der Waals surface area contributed by atoms with Gasteiger partial charge in [0.25, 0.3) is 5.91 Å². The van der Waals surface area contributed by atoms with E-state index in [4.69, 9.17) is 0 Å². The molecule has 0 saturated carbocycles. The number of nitrogens with one attached hydrogen (secondary N) is 1. The third-order valence-electron chi connectivity index (χ3n) is 3.83. The van der Waals surface area contributed by atoms with Crippen LogP contribution in [0.15, 0.2) is 54.6 Å². The number of nitrogens with zero attached hydrogens (tertiary/aromatic N) is 1. The molecule has 1 amide bonds. The smallest absolute Gasteiger partial charge is 0.254 e. The van der Waals surface area contributed by atoms with Crippen molar-refractivity contribution in [2.45, 2.75) is 19.4 Å². The largest absolute Gasteiger partial charge is 0.368 e. The molecule has 1 N–H and O–H groups in total. The highest BCUT2D eigenvalue weighted by Crippen LogP contribution is 2.36. The van der Waals surface area contributed by atoms with E-state index in [9.17, 15) is 9.59 Å². The molecule has 0 fully saturated rings. The first-order valence-corrected chi connectivity index (χ1v) is 7.38. The molecule has 4 nitrogen and oxygen atoms in total. The zero-order valence-electron chi connectivity index (χ0n) is 12.5. The van der Waals surface area contributed by atoms with Crippen molar-refractivity contribution in [3.05, 3.63) is 60.2 Å². The molecule has 1 heterocycles. The highest BCUT2D eigenvalue weighted by atomic mass is 16.2. The number of ketones is 1. The van der Waals surface area contributed by atoms with Crippen LogP contribution in [0.1, 0.15) is 24.9 Å². The van der Waals surface area contributed by atoms with Crippen LogP contribution in [0.4, 0.5) is 11.4 Å². The molecule has 1 unspecified atom stereocenters. The summed E-state index contributed by atoms with van der Waals surface area (Å²) in [4.78, 5) is 25.9. The average molecular weight is 294 g/mol. The lowest BCUT2D eigenvalue weighted by atomic mass is 10.0. The molecule has 0 bridgehead atoms. The second-order valence-electron chi connectivity index (χ2n) is 5.45. The van der Waals surface area contributed by atoms with Crippen LogP contribution in [0.5, 0.6) is 0 Å². The molecular formula is C18H18N2O2. The lowest BCUT2D eigenvalue weighted by Crippen LogP contribution is -2.43. The highest BCUT2D eigenvalue weighted by Gasteiger charge is 2.32. The lowest BCUT2D eigenvalue weighted by Gasteiger charge is -2.35. The minimum absolute atomic E-state index is 0.0221. The Balaban J connectivity index is 1.97. The van der Waals surface area contributed by atoms with Gasteiger partial charge in [-0.3, -0.25) is 9.59 Å². The van der Waals surface area contributed by atoms with E-state index in [2.05, 4.69) is 5.32 Å². The Labute approximate surface area is 129 Å². The Bertz CT molecular complexity index is 697. The van der Waals surface area contributed by atoms with Crippen molar-refractivity contribution in [3.8, 4) is 0 Å². The molecular weight excluding hydrogens is 276 g/mol. The second kappa shape index (κ2) is 6.02. The summed E-state index contributed by atoms with van der Waals surface area (Å²) in [6.07, 6.45) is 0.363. The molecule has 22 heavy (non-hydrogen) atoms. The van der Waals surface area contributed by atoms with Crippen LogP contribution in [0.3, 0.4) is 0 Å². The molecule has 3 rings (SSSR count). The van der Waals surface area contributed by atoms with E-state index in [-0.39, 0.29) is 11.7 Å². The summed E-state index contributed by atoms with van der Waals surface area (Å²) in [6.45, 7) is 1.96. The quantitative estimate of drug-likeness (QED) is 0.942. The zero-order valence-corrected chi connectivity index (χ0v) is 12.5. The summed E-state index contributed by atoms with van der Waals surface area (Å²) >= 11 is 0. The van der Waals surface area contributed by atoms with Gasteiger partial charge in [-0.25, -0.2) is 0 Å². The van der Waals surface area contributed by atoms with Crippen LogP contribution in [-0.4, -0.2) is 18.2 Å². The third kappa shape index (κ3) is 2.72. The van der Waals surface area contributed by atoms with Crippen molar-refractivity contribution in [1.29, 1.82) is 0 Å². The number of amides is 1. The van der Waals surface area contributed by atoms with Crippen molar-refractivity contribution < 1.29 is 9.59 Å². The standard InChI is InChI=1S/C18H18N2O2/c1-13(21)11-12-20-16-10-6-5-9-15(16)19-17(18(20)22)14-7-3-2-4-8-14/h2-10,17,19H,11-12H2,1H3. The van der Waals surface area contributed by atoms with Gasteiger partial charge in [0.05, 0.1) is 11.4 Å². The van der Waals surface area contributed by atoms with E-state index in [1.165, 1.54) is 0 Å². The summed E-state index contributed by atoms with van der Waals surface area (Å²) < 4.78 is 0. The molecule has 0 saturated heterocycles. The van der Waals surface area contributed by atoms with E-state index in [1.54, 1.807) is 11.8 Å². The molecule has 1 aliphatic rings. The van der Waals surface area contributed by atoms with Crippen LogP contribution < -0.4 is 10.2 Å². The Hall–Kier alpha value is -2.62. The predicted molar refractivity (Wildman–Crippen MR) is 86.9 cm³/mol. The van der Waals surface area contributed by atoms with E-state index >= 15 is 0 Å². The van der Waals surface area contributed by atoms with Crippen LogP contribution >= 0.6 is 0 Å². The third-order valence-corrected chi connectivity index (χ3v) is 3.83. The Kier molecular flexibility index (Phi) is 3.92. The van der Waals surface area contributed by atoms with Crippen LogP contribution in [-0.2, 0) is 9.59 Å². The van der Waals surface area contributed by atoms with Gasteiger partial charge >= 0.3 is 0 Å². The number of anilines is 2. The van der Waals surface area contributed by atoms with Crippen LogP contribution in [0.25, 0.3) is 0 Å². The second-order valence-corrected chi connectivity index (χ2v) is 5.45. The van der Waals surface area contributed by atoms with Gasteiger partial charge in [-0.05, 0) is 24.6 Å². The summed E-state index contributed by atoms with van der Waals surface area (Å²) in [6, 6.07) is 16.9. The van der Waals surface area contributed by atoms with Gasteiger partial charge in [0.1, 0.15) is 11.8 Å². The first-order chi connectivity index (χ1) is 10.7. The number of benzene rings is 2. The van der Waals surface area contributed by atoms with E-state index in [0.717, 1.165) is 16.9 Å². The van der Waals surface area contributed by atoms with Crippen molar-refractivity contribution in [2.24, 2.45) is 0 Å². The van der Waals surface area contributed by atoms with Gasteiger partial charge in [0, 0.05) is 13.0 Å². The first-order valence-electron chi connectivity index (χ1n) is 7.38. The molecule has 112 valence electrons. The SMILES string of the molecule is CC(=O)CCN1C(=O)C(c2ccccc2)Nc2ccccc21. The van der Waals surface area contributed by atoms with E-state index in [1.807, 2.05) is 54.6 Å². The number of rotatable bonds is 4. The minimum atomic E-state index is -0.414.